The minimum absolute atomic E-state index is 0.133. The van der Waals surface area contributed by atoms with Gasteiger partial charge in [-0.3, -0.25) is 9.36 Å². The fourth-order valence-corrected chi connectivity index (χ4v) is 4.20. The lowest BCUT2D eigenvalue weighted by Gasteiger charge is -2.19. The summed E-state index contributed by atoms with van der Waals surface area (Å²) in [6, 6.07) is 11.4. The molecule has 4 aromatic rings. The standard InChI is InChI=1S/C27H25BrClFN4O2/c1-15-13-31-26(27(3,4)5)33-23(15)18-8-11-20(29)21(12-18)34-16(2)32-24(22(28)25(34)35)36-14-17-6-9-19(30)10-7-17/h6-13H,14H2,1-5H3. The molecule has 2 heterocycles. The topological polar surface area (TPSA) is 69.9 Å². The fraction of sp³-hybridized carbons (Fsp3) is 0.259. The van der Waals surface area contributed by atoms with Gasteiger partial charge in [0, 0.05) is 17.2 Å². The highest BCUT2D eigenvalue weighted by Gasteiger charge is 2.21. The first-order valence-corrected chi connectivity index (χ1v) is 12.4. The van der Waals surface area contributed by atoms with Crippen LogP contribution < -0.4 is 10.3 Å². The summed E-state index contributed by atoms with van der Waals surface area (Å²) in [7, 11) is 0. The number of aryl methyl sites for hydroxylation is 2. The van der Waals surface area contributed by atoms with Crippen LogP contribution in [-0.4, -0.2) is 19.5 Å². The second kappa shape index (κ2) is 10.1. The maximum Gasteiger partial charge on any atom is 0.276 e. The van der Waals surface area contributed by atoms with E-state index in [1.54, 1.807) is 31.3 Å². The predicted molar refractivity (Wildman–Crippen MR) is 142 cm³/mol. The van der Waals surface area contributed by atoms with Crippen LogP contribution in [0.15, 0.2) is 57.9 Å². The SMILES string of the molecule is Cc1cnc(C(C)(C)C)nc1-c1ccc(Cl)c(-n2c(C)nc(OCc3ccc(F)cc3)c(Br)c2=O)c1. The van der Waals surface area contributed by atoms with Crippen LogP contribution in [-0.2, 0) is 12.0 Å². The van der Waals surface area contributed by atoms with E-state index in [1.165, 1.54) is 16.7 Å². The first-order valence-electron chi connectivity index (χ1n) is 11.3. The maximum absolute atomic E-state index is 13.4. The Morgan fingerprint density at radius 1 is 1.08 bits per heavy atom. The normalized spacial score (nSPS) is 11.6. The smallest absolute Gasteiger partial charge is 0.276 e. The molecular weight excluding hydrogens is 547 g/mol. The average molecular weight is 572 g/mol. The second-order valence-corrected chi connectivity index (χ2v) is 10.7. The highest BCUT2D eigenvalue weighted by atomic mass is 79.9. The lowest BCUT2D eigenvalue weighted by molar-refractivity contribution is 0.289. The Morgan fingerprint density at radius 3 is 2.44 bits per heavy atom. The molecule has 6 nitrogen and oxygen atoms in total. The third-order valence-corrected chi connectivity index (χ3v) is 6.56. The minimum Gasteiger partial charge on any atom is -0.472 e. The van der Waals surface area contributed by atoms with Gasteiger partial charge in [-0.25, -0.2) is 14.4 Å². The zero-order valence-corrected chi connectivity index (χ0v) is 22.9. The van der Waals surface area contributed by atoms with Gasteiger partial charge >= 0.3 is 0 Å². The van der Waals surface area contributed by atoms with Gasteiger partial charge in [0.2, 0.25) is 5.88 Å². The van der Waals surface area contributed by atoms with Gasteiger partial charge < -0.3 is 4.74 Å². The highest BCUT2D eigenvalue weighted by Crippen LogP contribution is 2.31. The summed E-state index contributed by atoms with van der Waals surface area (Å²) < 4.78 is 20.5. The number of hydrogen-bond acceptors (Lipinski definition) is 5. The van der Waals surface area contributed by atoms with Crippen LogP contribution in [0.2, 0.25) is 5.02 Å². The Hall–Kier alpha value is -3.10. The molecule has 0 saturated carbocycles. The minimum atomic E-state index is -0.370. The fourth-order valence-electron chi connectivity index (χ4n) is 3.62. The molecule has 0 aliphatic heterocycles. The Labute approximate surface area is 222 Å². The molecular formula is C27H25BrClFN4O2. The molecule has 0 aliphatic carbocycles. The molecule has 186 valence electrons. The molecule has 36 heavy (non-hydrogen) atoms. The van der Waals surface area contributed by atoms with E-state index in [0.717, 1.165) is 28.2 Å². The van der Waals surface area contributed by atoms with Crippen molar-refractivity contribution in [2.45, 2.75) is 46.6 Å². The van der Waals surface area contributed by atoms with Gasteiger partial charge in [0.05, 0.1) is 16.4 Å². The number of rotatable bonds is 5. The molecule has 0 spiro atoms. The van der Waals surface area contributed by atoms with Crippen LogP contribution in [0.3, 0.4) is 0 Å². The van der Waals surface area contributed by atoms with Crippen molar-refractivity contribution in [3.8, 4) is 22.8 Å². The van der Waals surface area contributed by atoms with E-state index in [4.69, 9.17) is 21.3 Å². The summed E-state index contributed by atoms with van der Waals surface area (Å²) in [6.07, 6.45) is 1.81. The van der Waals surface area contributed by atoms with E-state index < -0.39 is 0 Å². The van der Waals surface area contributed by atoms with E-state index in [0.29, 0.717) is 16.5 Å². The van der Waals surface area contributed by atoms with Crippen LogP contribution in [0.25, 0.3) is 16.9 Å². The van der Waals surface area contributed by atoms with Crippen LogP contribution in [0.1, 0.15) is 43.5 Å². The number of hydrogen-bond donors (Lipinski definition) is 0. The first kappa shape index (κ1) is 26.0. The molecule has 0 N–H and O–H groups in total. The molecule has 0 saturated heterocycles. The van der Waals surface area contributed by atoms with E-state index in [9.17, 15) is 9.18 Å². The average Bonchev–Trinajstić information content (AvgIpc) is 2.82. The van der Waals surface area contributed by atoms with Gasteiger partial charge in [0.25, 0.3) is 5.56 Å². The molecule has 0 amide bonds. The zero-order chi connectivity index (χ0) is 26.2. The van der Waals surface area contributed by atoms with Crippen molar-refractivity contribution in [3.05, 3.63) is 97.1 Å². The molecule has 9 heteroatoms. The van der Waals surface area contributed by atoms with Crippen molar-refractivity contribution in [1.82, 2.24) is 19.5 Å². The van der Waals surface area contributed by atoms with Crippen molar-refractivity contribution < 1.29 is 9.13 Å². The lowest BCUT2D eigenvalue weighted by atomic mass is 9.95. The monoisotopic (exact) mass is 570 g/mol. The van der Waals surface area contributed by atoms with E-state index in [-0.39, 0.29) is 33.8 Å². The molecule has 4 rings (SSSR count). The van der Waals surface area contributed by atoms with Crippen molar-refractivity contribution >= 4 is 27.5 Å². The molecule has 0 atom stereocenters. The summed E-state index contributed by atoms with van der Waals surface area (Å²) >= 11 is 9.89. The van der Waals surface area contributed by atoms with Gasteiger partial charge in [-0.15, -0.1) is 0 Å². The number of ether oxygens (including phenoxy) is 1. The summed E-state index contributed by atoms with van der Waals surface area (Å²) in [4.78, 5) is 27.2. The number of benzene rings is 2. The molecule has 0 bridgehead atoms. The predicted octanol–water partition coefficient (Wildman–Crippen LogP) is 6.74. The molecule has 2 aromatic heterocycles. The van der Waals surface area contributed by atoms with E-state index >= 15 is 0 Å². The summed E-state index contributed by atoms with van der Waals surface area (Å²) in [5.74, 6) is 0.931. The largest absolute Gasteiger partial charge is 0.472 e. The third kappa shape index (κ3) is 5.34. The first-order chi connectivity index (χ1) is 17.0. The van der Waals surface area contributed by atoms with Gasteiger partial charge in [-0.05, 0) is 65.2 Å². The van der Waals surface area contributed by atoms with Crippen LogP contribution in [0.4, 0.5) is 4.39 Å². The number of aromatic nitrogens is 4. The van der Waals surface area contributed by atoms with E-state index in [2.05, 4.69) is 46.7 Å². The molecule has 0 unspecified atom stereocenters. The Morgan fingerprint density at radius 2 is 1.78 bits per heavy atom. The van der Waals surface area contributed by atoms with Crippen LogP contribution in [0.5, 0.6) is 5.88 Å². The van der Waals surface area contributed by atoms with Crippen molar-refractivity contribution in [1.29, 1.82) is 0 Å². The lowest BCUT2D eigenvalue weighted by Crippen LogP contribution is -2.24. The Bertz CT molecular complexity index is 1500. The van der Waals surface area contributed by atoms with Crippen molar-refractivity contribution in [2.75, 3.05) is 0 Å². The molecule has 0 aliphatic rings. The van der Waals surface area contributed by atoms with Crippen LogP contribution >= 0.6 is 27.5 Å². The van der Waals surface area contributed by atoms with Gasteiger partial charge in [-0.2, -0.15) is 4.98 Å². The quantitative estimate of drug-likeness (QED) is 0.265. The summed E-state index contributed by atoms with van der Waals surface area (Å²) in [5.41, 5.74) is 3.12. The molecule has 0 radical (unpaired) electrons. The van der Waals surface area contributed by atoms with Crippen molar-refractivity contribution in [3.63, 3.8) is 0 Å². The Kier molecular flexibility index (Phi) is 7.29. The summed E-state index contributed by atoms with van der Waals surface area (Å²) in [5, 5.41) is 0.389. The molecule has 0 fully saturated rings. The highest BCUT2D eigenvalue weighted by molar-refractivity contribution is 9.10. The number of nitrogens with zero attached hydrogens (tertiary/aromatic N) is 4. The van der Waals surface area contributed by atoms with Gasteiger partial charge in [0.1, 0.15) is 28.5 Å². The van der Waals surface area contributed by atoms with Gasteiger partial charge in [0.15, 0.2) is 0 Å². The van der Waals surface area contributed by atoms with E-state index in [1.807, 2.05) is 19.1 Å². The third-order valence-electron chi connectivity index (χ3n) is 5.56. The molecule has 2 aromatic carbocycles. The second-order valence-electron chi connectivity index (χ2n) is 9.48. The Balaban J connectivity index is 1.75. The van der Waals surface area contributed by atoms with Gasteiger partial charge in [-0.1, -0.05) is 50.6 Å². The zero-order valence-electron chi connectivity index (χ0n) is 20.6. The number of halogens is 3. The summed E-state index contributed by atoms with van der Waals surface area (Å²) in [6.45, 7) is 9.95. The van der Waals surface area contributed by atoms with Crippen molar-refractivity contribution in [2.24, 2.45) is 0 Å². The van der Waals surface area contributed by atoms with Crippen LogP contribution in [0, 0.1) is 19.7 Å². The maximum atomic E-state index is 13.4.